The highest BCUT2D eigenvalue weighted by molar-refractivity contribution is 4.81. The Morgan fingerprint density at radius 1 is 1.36 bits per heavy atom. The van der Waals surface area contributed by atoms with E-state index in [-0.39, 0.29) is 0 Å². The van der Waals surface area contributed by atoms with Crippen molar-refractivity contribution in [1.82, 2.24) is 10.2 Å². The summed E-state index contributed by atoms with van der Waals surface area (Å²) in [5, 5.41) is 3.66. The Hall–Kier alpha value is -0.120. The van der Waals surface area contributed by atoms with Crippen LogP contribution in [0.1, 0.15) is 32.1 Å². The Bertz CT molecular complexity index is 183. The van der Waals surface area contributed by atoms with E-state index in [1.165, 1.54) is 45.2 Å². The van der Waals surface area contributed by atoms with Crippen molar-refractivity contribution >= 4 is 0 Å². The van der Waals surface area contributed by atoms with Gasteiger partial charge in [0.15, 0.2) is 0 Å². The molecule has 0 bridgehead atoms. The Morgan fingerprint density at radius 3 is 2.79 bits per heavy atom. The molecule has 0 spiro atoms. The average molecular weight is 197 g/mol. The molecule has 3 N–H and O–H groups in total. The molecular weight excluding hydrogens is 174 g/mol. The van der Waals surface area contributed by atoms with Gasteiger partial charge >= 0.3 is 0 Å². The van der Waals surface area contributed by atoms with E-state index >= 15 is 0 Å². The van der Waals surface area contributed by atoms with E-state index < -0.39 is 0 Å². The smallest absolute Gasteiger partial charge is 0.0595 e. The van der Waals surface area contributed by atoms with Crippen LogP contribution in [0.3, 0.4) is 0 Å². The monoisotopic (exact) mass is 197 g/mol. The van der Waals surface area contributed by atoms with Gasteiger partial charge in [-0.1, -0.05) is 0 Å². The fourth-order valence-electron chi connectivity index (χ4n) is 2.77. The summed E-state index contributed by atoms with van der Waals surface area (Å²) in [7, 11) is 2.21. The zero-order valence-corrected chi connectivity index (χ0v) is 9.21. The van der Waals surface area contributed by atoms with Gasteiger partial charge in [-0.05, 0) is 58.2 Å². The average Bonchev–Trinajstić information content (AvgIpc) is 2.72. The Morgan fingerprint density at radius 2 is 2.21 bits per heavy atom. The first kappa shape index (κ1) is 10.4. The second-order valence-corrected chi connectivity index (χ2v) is 4.99. The van der Waals surface area contributed by atoms with Crippen molar-refractivity contribution < 1.29 is 0 Å². The zero-order valence-electron chi connectivity index (χ0n) is 9.21. The highest BCUT2D eigenvalue weighted by Crippen LogP contribution is 2.23. The molecule has 1 heterocycles. The van der Waals surface area contributed by atoms with Crippen LogP contribution < -0.4 is 11.1 Å². The predicted octanol–water partition coefficient (Wildman–Crippen LogP) is 0.755. The van der Waals surface area contributed by atoms with Crippen LogP contribution in [0.5, 0.6) is 0 Å². The van der Waals surface area contributed by atoms with Crippen LogP contribution in [-0.2, 0) is 0 Å². The lowest BCUT2D eigenvalue weighted by Crippen LogP contribution is -2.40. The van der Waals surface area contributed by atoms with E-state index in [1.807, 2.05) is 0 Å². The lowest BCUT2D eigenvalue weighted by atomic mass is 10.1. The largest absolute Gasteiger partial charge is 0.328 e. The van der Waals surface area contributed by atoms with Gasteiger partial charge in [0.2, 0.25) is 0 Å². The first-order chi connectivity index (χ1) is 6.75. The standard InChI is InChI=1S/C11H23N3/c1-14-6-2-3-11(14)13-8-9-4-5-10(12)7-9/h9-11,13H,2-8,12H2,1H3. The van der Waals surface area contributed by atoms with Crippen LogP contribution in [0, 0.1) is 5.92 Å². The van der Waals surface area contributed by atoms with Gasteiger partial charge in [0.1, 0.15) is 0 Å². The molecule has 1 saturated carbocycles. The molecule has 82 valence electrons. The molecule has 0 aromatic carbocycles. The minimum absolute atomic E-state index is 0.475. The number of nitrogens with two attached hydrogens (primary N) is 1. The second-order valence-electron chi connectivity index (χ2n) is 4.99. The van der Waals surface area contributed by atoms with Gasteiger partial charge in [0.05, 0.1) is 6.17 Å². The first-order valence-electron chi connectivity index (χ1n) is 5.95. The molecule has 3 atom stereocenters. The molecule has 0 radical (unpaired) electrons. The van der Waals surface area contributed by atoms with Crippen LogP contribution in [0.4, 0.5) is 0 Å². The summed E-state index contributed by atoms with van der Waals surface area (Å²) < 4.78 is 0. The molecule has 2 fully saturated rings. The van der Waals surface area contributed by atoms with Crippen molar-refractivity contribution in [2.75, 3.05) is 20.1 Å². The molecule has 1 aliphatic heterocycles. The Balaban J connectivity index is 1.67. The van der Waals surface area contributed by atoms with Crippen molar-refractivity contribution in [2.45, 2.75) is 44.3 Å². The normalized spacial score (nSPS) is 39.4. The summed E-state index contributed by atoms with van der Waals surface area (Å²) in [4.78, 5) is 2.43. The van der Waals surface area contributed by atoms with E-state index in [1.54, 1.807) is 0 Å². The third kappa shape index (κ3) is 2.47. The third-order valence-corrected chi connectivity index (χ3v) is 3.74. The minimum atomic E-state index is 0.475. The SMILES string of the molecule is CN1CCCC1NCC1CCC(N)C1. The number of nitrogens with zero attached hydrogens (tertiary/aromatic N) is 1. The van der Waals surface area contributed by atoms with Gasteiger partial charge in [-0.15, -0.1) is 0 Å². The van der Waals surface area contributed by atoms with Crippen molar-refractivity contribution in [3.63, 3.8) is 0 Å². The highest BCUT2D eigenvalue weighted by Gasteiger charge is 2.24. The van der Waals surface area contributed by atoms with Gasteiger partial charge in [-0.25, -0.2) is 0 Å². The molecule has 1 saturated heterocycles. The molecule has 14 heavy (non-hydrogen) atoms. The Kier molecular flexibility index (Phi) is 3.42. The summed E-state index contributed by atoms with van der Waals surface area (Å²) in [5.74, 6) is 0.832. The molecule has 0 aromatic rings. The molecule has 3 unspecified atom stereocenters. The van der Waals surface area contributed by atoms with Gasteiger partial charge in [0, 0.05) is 6.04 Å². The molecule has 0 amide bonds. The van der Waals surface area contributed by atoms with Gasteiger partial charge in [0.25, 0.3) is 0 Å². The molecule has 2 rings (SSSR count). The third-order valence-electron chi connectivity index (χ3n) is 3.74. The van der Waals surface area contributed by atoms with Crippen LogP contribution in [0.25, 0.3) is 0 Å². The fraction of sp³-hybridized carbons (Fsp3) is 1.00. The summed E-state index contributed by atoms with van der Waals surface area (Å²) in [5.41, 5.74) is 5.90. The van der Waals surface area contributed by atoms with E-state index in [0.29, 0.717) is 12.2 Å². The molecule has 0 aromatic heterocycles. The van der Waals surface area contributed by atoms with Crippen LogP contribution >= 0.6 is 0 Å². The van der Waals surface area contributed by atoms with Crippen LogP contribution in [0.15, 0.2) is 0 Å². The maximum Gasteiger partial charge on any atom is 0.0595 e. The highest BCUT2D eigenvalue weighted by atomic mass is 15.3. The quantitative estimate of drug-likeness (QED) is 0.701. The van der Waals surface area contributed by atoms with Crippen LogP contribution in [0.2, 0.25) is 0 Å². The lowest BCUT2D eigenvalue weighted by molar-refractivity contribution is 0.252. The molecule has 3 heteroatoms. The topological polar surface area (TPSA) is 41.3 Å². The van der Waals surface area contributed by atoms with E-state index in [0.717, 1.165) is 5.92 Å². The van der Waals surface area contributed by atoms with Crippen molar-refractivity contribution in [3.8, 4) is 0 Å². The summed E-state index contributed by atoms with van der Waals surface area (Å²) in [6, 6.07) is 0.475. The number of likely N-dealkylation sites (tertiary alicyclic amines) is 1. The molecule has 1 aliphatic carbocycles. The van der Waals surface area contributed by atoms with E-state index in [2.05, 4.69) is 17.3 Å². The van der Waals surface area contributed by atoms with E-state index in [9.17, 15) is 0 Å². The van der Waals surface area contributed by atoms with Crippen LogP contribution in [-0.4, -0.2) is 37.2 Å². The first-order valence-corrected chi connectivity index (χ1v) is 5.95. The summed E-state index contributed by atoms with van der Waals surface area (Å²) in [6.07, 6.45) is 7.07. The minimum Gasteiger partial charge on any atom is -0.328 e. The van der Waals surface area contributed by atoms with Gasteiger partial charge in [-0.2, -0.15) is 0 Å². The number of hydrogen-bond donors (Lipinski definition) is 2. The predicted molar refractivity (Wildman–Crippen MR) is 59.0 cm³/mol. The number of hydrogen-bond acceptors (Lipinski definition) is 3. The Labute approximate surface area is 87.0 Å². The van der Waals surface area contributed by atoms with Gasteiger partial charge in [-0.3, -0.25) is 4.90 Å². The maximum atomic E-state index is 5.90. The van der Waals surface area contributed by atoms with Crippen molar-refractivity contribution in [2.24, 2.45) is 11.7 Å². The number of nitrogens with one attached hydrogen (secondary N) is 1. The van der Waals surface area contributed by atoms with E-state index in [4.69, 9.17) is 5.73 Å². The van der Waals surface area contributed by atoms with Crippen molar-refractivity contribution in [3.05, 3.63) is 0 Å². The molecule has 3 nitrogen and oxygen atoms in total. The number of rotatable bonds is 3. The summed E-state index contributed by atoms with van der Waals surface area (Å²) >= 11 is 0. The molecular formula is C11H23N3. The maximum absolute atomic E-state index is 5.90. The van der Waals surface area contributed by atoms with Crippen molar-refractivity contribution in [1.29, 1.82) is 0 Å². The lowest BCUT2D eigenvalue weighted by Gasteiger charge is -2.22. The van der Waals surface area contributed by atoms with Gasteiger partial charge < -0.3 is 11.1 Å². The zero-order chi connectivity index (χ0) is 9.97. The summed E-state index contributed by atoms with van der Waals surface area (Å²) in [6.45, 7) is 2.42. The molecule has 2 aliphatic rings. The fourth-order valence-corrected chi connectivity index (χ4v) is 2.77. The second kappa shape index (κ2) is 4.60.